The summed E-state index contributed by atoms with van der Waals surface area (Å²) in [6, 6.07) is 0. The molecule has 0 aliphatic rings. The van der Waals surface area contributed by atoms with Gasteiger partial charge in [-0.15, -0.1) is 0 Å². The maximum Gasteiger partial charge on any atom is 0.269 e. The Morgan fingerprint density at radius 2 is 2.50 bits per heavy atom. The number of hydrogen-bond acceptors (Lipinski definition) is 3. The minimum absolute atomic E-state index is 0.155. The highest BCUT2D eigenvalue weighted by Gasteiger charge is 1.94. The molecule has 0 aliphatic carbocycles. The molecule has 0 radical (unpaired) electrons. The van der Waals surface area contributed by atoms with E-state index in [4.69, 9.17) is 5.73 Å². The fourth-order valence-corrected chi connectivity index (χ4v) is 0.656. The molecule has 0 atom stereocenters. The molecule has 1 aromatic heterocycles. The van der Waals surface area contributed by atoms with Gasteiger partial charge in [0.05, 0.1) is 5.69 Å². The monoisotopic (exact) mass is 139 g/mol. The van der Waals surface area contributed by atoms with E-state index in [1.54, 1.807) is 6.92 Å². The summed E-state index contributed by atoms with van der Waals surface area (Å²) in [6.07, 6.45) is 1.52. The summed E-state index contributed by atoms with van der Waals surface area (Å²) in [5.74, 6) is 0. The van der Waals surface area contributed by atoms with Crippen LogP contribution in [-0.4, -0.2) is 9.97 Å². The van der Waals surface area contributed by atoms with Crippen molar-refractivity contribution in [3.05, 3.63) is 27.9 Å². The van der Waals surface area contributed by atoms with Gasteiger partial charge in [0.2, 0.25) is 0 Å². The predicted octanol–water partition coefficient (Wildman–Crippen LogP) is -0.463. The number of aromatic amines is 1. The topological polar surface area (TPSA) is 71.8 Å². The van der Waals surface area contributed by atoms with Gasteiger partial charge >= 0.3 is 0 Å². The highest BCUT2D eigenvalue weighted by atomic mass is 16.1. The summed E-state index contributed by atoms with van der Waals surface area (Å²) in [4.78, 5) is 17.2. The second kappa shape index (κ2) is 2.62. The Kier molecular flexibility index (Phi) is 1.82. The lowest BCUT2D eigenvalue weighted by atomic mass is 10.4. The summed E-state index contributed by atoms with van der Waals surface area (Å²) in [6.45, 7) is 2.01. The van der Waals surface area contributed by atoms with E-state index in [0.717, 1.165) is 0 Å². The summed E-state index contributed by atoms with van der Waals surface area (Å²) in [7, 11) is 0. The highest BCUT2D eigenvalue weighted by molar-refractivity contribution is 5.00. The Morgan fingerprint density at radius 3 is 3.00 bits per heavy atom. The van der Waals surface area contributed by atoms with E-state index >= 15 is 0 Å². The third-order valence-corrected chi connectivity index (χ3v) is 1.22. The molecule has 54 valence electrons. The predicted molar refractivity (Wildman–Crippen MR) is 37.5 cm³/mol. The maximum absolute atomic E-state index is 10.7. The Morgan fingerprint density at radius 1 is 1.80 bits per heavy atom. The number of aromatic nitrogens is 2. The van der Waals surface area contributed by atoms with Crippen molar-refractivity contribution in [2.75, 3.05) is 0 Å². The van der Waals surface area contributed by atoms with Crippen molar-refractivity contribution in [2.24, 2.45) is 5.73 Å². The molecule has 0 aromatic carbocycles. The summed E-state index contributed by atoms with van der Waals surface area (Å²) >= 11 is 0. The second-order valence-corrected chi connectivity index (χ2v) is 2.01. The Labute approximate surface area is 58.1 Å². The third-order valence-electron chi connectivity index (χ3n) is 1.22. The molecule has 0 saturated carbocycles. The van der Waals surface area contributed by atoms with Crippen molar-refractivity contribution in [2.45, 2.75) is 13.5 Å². The van der Waals surface area contributed by atoms with Crippen LogP contribution in [0.5, 0.6) is 0 Å². The van der Waals surface area contributed by atoms with Crippen LogP contribution in [0.15, 0.2) is 11.0 Å². The number of nitrogens with one attached hydrogen (secondary N) is 1. The second-order valence-electron chi connectivity index (χ2n) is 2.01. The molecule has 0 spiro atoms. The largest absolute Gasteiger partial charge is 0.326 e. The first kappa shape index (κ1) is 6.95. The van der Waals surface area contributed by atoms with E-state index in [1.807, 2.05) is 0 Å². The van der Waals surface area contributed by atoms with Gasteiger partial charge in [0.1, 0.15) is 5.69 Å². The van der Waals surface area contributed by atoms with Gasteiger partial charge in [-0.1, -0.05) is 0 Å². The molecule has 10 heavy (non-hydrogen) atoms. The number of rotatable bonds is 1. The van der Waals surface area contributed by atoms with E-state index in [-0.39, 0.29) is 5.56 Å². The zero-order valence-electron chi connectivity index (χ0n) is 5.72. The first-order chi connectivity index (χ1) is 4.74. The number of nitrogens with zero attached hydrogens (tertiary/aromatic N) is 1. The number of hydrogen-bond donors (Lipinski definition) is 2. The third kappa shape index (κ3) is 1.22. The lowest BCUT2D eigenvalue weighted by molar-refractivity contribution is 0.921. The molecule has 0 fully saturated rings. The minimum atomic E-state index is -0.155. The van der Waals surface area contributed by atoms with Gasteiger partial charge in [0.25, 0.3) is 5.56 Å². The van der Waals surface area contributed by atoms with Crippen LogP contribution in [0.25, 0.3) is 0 Å². The Balaban J connectivity index is 3.17. The molecular weight excluding hydrogens is 130 g/mol. The van der Waals surface area contributed by atoms with Crippen LogP contribution in [0.3, 0.4) is 0 Å². The Bertz CT molecular complexity index is 279. The van der Waals surface area contributed by atoms with E-state index in [0.29, 0.717) is 17.9 Å². The normalized spacial score (nSPS) is 9.80. The Hall–Kier alpha value is -1.16. The molecular formula is C6H9N3O. The van der Waals surface area contributed by atoms with Gasteiger partial charge in [-0.25, -0.2) is 4.98 Å². The molecule has 1 rings (SSSR count). The first-order valence-corrected chi connectivity index (χ1v) is 2.99. The molecule has 0 saturated heterocycles. The molecule has 4 nitrogen and oxygen atoms in total. The van der Waals surface area contributed by atoms with Crippen LogP contribution in [0.2, 0.25) is 0 Å². The fourth-order valence-electron chi connectivity index (χ4n) is 0.656. The van der Waals surface area contributed by atoms with Crippen molar-refractivity contribution >= 4 is 0 Å². The number of H-pyrrole nitrogens is 1. The number of nitrogens with two attached hydrogens (primary N) is 1. The van der Waals surface area contributed by atoms with Gasteiger partial charge in [-0.05, 0) is 6.92 Å². The minimum Gasteiger partial charge on any atom is -0.326 e. The molecule has 0 amide bonds. The number of aryl methyl sites for hydroxylation is 1. The van der Waals surface area contributed by atoms with Crippen molar-refractivity contribution < 1.29 is 0 Å². The van der Waals surface area contributed by atoms with Crippen molar-refractivity contribution in [3.8, 4) is 0 Å². The van der Waals surface area contributed by atoms with E-state index in [2.05, 4.69) is 9.97 Å². The molecule has 0 unspecified atom stereocenters. The zero-order valence-corrected chi connectivity index (χ0v) is 5.72. The van der Waals surface area contributed by atoms with Gasteiger partial charge in [0.15, 0.2) is 0 Å². The van der Waals surface area contributed by atoms with Gasteiger partial charge < -0.3 is 10.7 Å². The first-order valence-electron chi connectivity index (χ1n) is 2.99. The van der Waals surface area contributed by atoms with Crippen LogP contribution >= 0.6 is 0 Å². The SMILES string of the molecule is Cc1nc(CN)c[nH]c1=O. The smallest absolute Gasteiger partial charge is 0.269 e. The lowest BCUT2D eigenvalue weighted by Gasteiger charge is -1.94. The van der Waals surface area contributed by atoms with E-state index in [9.17, 15) is 4.79 Å². The van der Waals surface area contributed by atoms with Crippen molar-refractivity contribution in [1.29, 1.82) is 0 Å². The molecule has 3 N–H and O–H groups in total. The molecule has 0 aliphatic heterocycles. The average molecular weight is 139 g/mol. The summed E-state index contributed by atoms with van der Waals surface area (Å²) in [5.41, 5.74) is 6.30. The summed E-state index contributed by atoms with van der Waals surface area (Å²) < 4.78 is 0. The zero-order chi connectivity index (χ0) is 7.56. The standard InChI is InChI=1S/C6H9N3O/c1-4-6(10)8-3-5(2-7)9-4/h3H,2,7H2,1H3,(H,8,10). The van der Waals surface area contributed by atoms with Crippen LogP contribution in [0.4, 0.5) is 0 Å². The highest BCUT2D eigenvalue weighted by Crippen LogP contribution is 1.86. The molecule has 1 aromatic rings. The van der Waals surface area contributed by atoms with E-state index in [1.165, 1.54) is 6.20 Å². The molecule has 0 bridgehead atoms. The maximum atomic E-state index is 10.7. The molecule has 1 heterocycles. The van der Waals surface area contributed by atoms with Crippen molar-refractivity contribution in [3.63, 3.8) is 0 Å². The van der Waals surface area contributed by atoms with Crippen molar-refractivity contribution in [1.82, 2.24) is 9.97 Å². The van der Waals surface area contributed by atoms with Gasteiger partial charge in [-0.3, -0.25) is 4.79 Å². The fraction of sp³-hybridized carbons (Fsp3) is 0.333. The van der Waals surface area contributed by atoms with Gasteiger partial charge in [0, 0.05) is 12.7 Å². The van der Waals surface area contributed by atoms with Crippen LogP contribution < -0.4 is 11.3 Å². The summed E-state index contributed by atoms with van der Waals surface area (Å²) in [5, 5.41) is 0. The van der Waals surface area contributed by atoms with Crippen LogP contribution in [-0.2, 0) is 6.54 Å². The van der Waals surface area contributed by atoms with Crippen LogP contribution in [0.1, 0.15) is 11.4 Å². The quantitative estimate of drug-likeness (QED) is 0.552. The van der Waals surface area contributed by atoms with Crippen LogP contribution in [0, 0.1) is 6.92 Å². The van der Waals surface area contributed by atoms with E-state index < -0.39 is 0 Å². The molecule has 4 heteroatoms. The van der Waals surface area contributed by atoms with Gasteiger partial charge in [-0.2, -0.15) is 0 Å². The lowest BCUT2D eigenvalue weighted by Crippen LogP contribution is -2.14. The average Bonchev–Trinajstić information content (AvgIpc) is 1.95.